The Bertz CT molecular complexity index is 699. The van der Waals surface area contributed by atoms with Gasteiger partial charge in [-0.05, 0) is 19.4 Å². The van der Waals surface area contributed by atoms with Crippen LogP contribution in [0.1, 0.15) is 17.3 Å². The Labute approximate surface area is 110 Å². The molecule has 0 saturated heterocycles. The fourth-order valence-electron chi connectivity index (χ4n) is 1.97. The molecule has 0 fully saturated rings. The Morgan fingerprint density at radius 1 is 1.21 bits per heavy atom. The van der Waals surface area contributed by atoms with Gasteiger partial charge in [0.1, 0.15) is 12.4 Å². The van der Waals surface area contributed by atoms with Crippen molar-refractivity contribution < 1.29 is 4.52 Å². The third-order valence-electron chi connectivity index (χ3n) is 3.08. The molecule has 0 bridgehead atoms. The summed E-state index contributed by atoms with van der Waals surface area (Å²) in [5, 5.41) is 4.04. The highest BCUT2D eigenvalue weighted by Crippen LogP contribution is 2.20. The summed E-state index contributed by atoms with van der Waals surface area (Å²) in [7, 11) is 0. The van der Waals surface area contributed by atoms with Crippen molar-refractivity contribution in [1.29, 1.82) is 0 Å². The van der Waals surface area contributed by atoms with E-state index in [0.717, 1.165) is 17.0 Å². The smallest absolute Gasteiger partial charge is 0.246 e. The highest BCUT2D eigenvalue weighted by molar-refractivity contribution is 5.58. The number of hydrogen-bond acceptors (Lipinski definition) is 4. The Kier molecular flexibility index (Phi) is 2.87. The Hall–Kier alpha value is -2.43. The molecule has 0 aliphatic rings. The maximum absolute atomic E-state index is 5.29. The predicted octanol–water partition coefficient (Wildman–Crippen LogP) is 2.60. The van der Waals surface area contributed by atoms with E-state index in [9.17, 15) is 0 Å². The van der Waals surface area contributed by atoms with E-state index in [-0.39, 0.29) is 0 Å². The molecule has 0 atom stereocenters. The van der Waals surface area contributed by atoms with Gasteiger partial charge < -0.3 is 9.09 Å². The van der Waals surface area contributed by atoms with Crippen molar-refractivity contribution in [2.75, 3.05) is 0 Å². The lowest BCUT2D eigenvalue weighted by Gasteiger charge is -1.99. The molecule has 0 aliphatic carbocycles. The van der Waals surface area contributed by atoms with Gasteiger partial charge in [0.25, 0.3) is 0 Å². The summed E-state index contributed by atoms with van der Waals surface area (Å²) in [6, 6.07) is 7.99. The molecule has 0 aliphatic heterocycles. The molecule has 5 nitrogen and oxygen atoms in total. The van der Waals surface area contributed by atoms with Crippen LogP contribution >= 0.6 is 0 Å². The zero-order valence-corrected chi connectivity index (χ0v) is 10.9. The van der Waals surface area contributed by atoms with Crippen LogP contribution in [0.15, 0.2) is 41.2 Å². The third-order valence-corrected chi connectivity index (χ3v) is 3.08. The minimum Gasteiger partial charge on any atom is -0.337 e. The van der Waals surface area contributed by atoms with Crippen LogP contribution in [0.2, 0.25) is 0 Å². The number of benzene rings is 1. The van der Waals surface area contributed by atoms with Crippen molar-refractivity contribution in [3.8, 4) is 11.4 Å². The van der Waals surface area contributed by atoms with Gasteiger partial charge in [0.15, 0.2) is 0 Å². The first-order valence-electron chi connectivity index (χ1n) is 6.10. The number of aryl methyl sites for hydroxylation is 2. The zero-order valence-electron chi connectivity index (χ0n) is 10.9. The van der Waals surface area contributed by atoms with E-state index >= 15 is 0 Å². The summed E-state index contributed by atoms with van der Waals surface area (Å²) in [5.41, 5.74) is 2.13. The molecule has 1 aromatic carbocycles. The molecular formula is C14H14N4O. The van der Waals surface area contributed by atoms with Gasteiger partial charge in [0, 0.05) is 18.0 Å². The second-order valence-corrected chi connectivity index (χ2v) is 4.43. The number of nitrogens with zero attached hydrogens (tertiary/aromatic N) is 4. The molecule has 2 heterocycles. The summed E-state index contributed by atoms with van der Waals surface area (Å²) >= 11 is 0. The van der Waals surface area contributed by atoms with Crippen LogP contribution in [0.5, 0.6) is 0 Å². The Morgan fingerprint density at radius 2 is 2.05 bits per heavy atom. The molecular weight excluding hydrogens is 240 g/mol. The summed E-state index contributed by atoms with van der Waals surface area (Å²) < 4.78 is 7.26. The van der Waals surface area contributed by atoms with Crippen LogP contribution in [-0.2, 0) is 6.54 Å². The molecule has 0 saturated carbocycles. The van der Waals surface area contributed by atoms with E-state index in [2.05, 4.69) is 15.1 Å². The average Bonchev–Trinajstić information content (AvgIpc) is 3.01. The highest BCUT2D eigenvalue weighted by Gasteiger charge is 2.11. The van der Waals surface area contributed by atoms with Crippen LogP contribution in [0, 0.1) is 13.8 Å². The van der Waals surface area contributed by atoms with Crippen molar-refractivity contribution in [2.45, 2.75) is 20.4 Å². The standard InChI is InChI=1S/C14H14N4O/c1-10-5-3-4-6-12(10)14-16-13(19-17-14)9-18-8-7-15-11(18)2/h3-8H,9H2,1-2H3. The monoisotopic (exact) mass is 254 g/mol. The van der Waals surface area contributed by atoms with E-state index in [1.807, 2.05) is 48.9 Å². The van der Waals surface area contributed by atoms with Crippen molar-refractivity contribution >= 4 is 0 Å². The molecule has 0 radical (unpaired) electrons. The first-order valence-corrected chi connectivity index (χ1v) is 6.10. The van der Waals surface area contributed by atoms with Crippen LogP contribution in [0.3, 0.4) is 0 Å². The molecule has 3 aromatic rings. The van der Waals surface area contributed by atoms with Crippen molar-refractivity contribution in [1.82, 2.24) is 19.7 Å². The lowest BCUT2D eigenvalue weighted by Crippen LogP contribution is -2.00. The summed E-state index contributed by atoms with van der Waals surface area (Å²) in [4.78, 5) is 8.60. The first-order chi connectivity index (χ1) is 9.24. The van der Waals surface area contributed by atoms with Crippen molar-refractivity contribution in [3.05, 3.63) is 53.9 Å². The van der Waals surface area contributed by atoms with Gasteiger partial charge >= 0.3 is 0 Å². The molecule has 96 valence electrons. The molecule has 0 N–H and O–H groups in total. The summed E-state index contributed by atoms with van der Waals surface area (Å²) in [6.07, 6.45) is 3.65. The molecule has 5 heteroatoms. The van der Waals surface area contributed by atoms with Crippen molar-refractivity contribution in [3.63, 3.8) is 0 Å². The van der Waals surface area contributed by atoms with Gasteiger partial charge in [-0.3, -0.25) is 0 Å². The molecule has 0 amide bonds. The van der Waals surface area contributed by atoms with E-state index in [0.29, 0.717) is 18.3 Å². The van der Waals surface area contributed by atoms with Crippen LogP contribution < -0.4 is 0 Å². The van der Waals surface area contributed by atoms with Crippen LogP contribution in [-0.4, -0.2) is 19.7 Å². The Morgan fingerprint density at radius 3 is 2.79 bits per heavy atom. The largest absolute Gasteiger partial charge is 0.337 e. The average molecular weight is 254 g/mol. The first kappa shape index (κ1) is 11.6. The number of rotatable bonds is 3. The quantitative estimate of drug-likeness (QED) is 0.721. The molecule has 19 heavy (non-hydrogen) atoms. The van der Waals surface area contributed by atoms with Gasteiger partial charge in [-0.1, -0.05) is 29.4 Å². The molecule has 0 spiro atoms. The minimum absolute atomic E-state index is 0.546. The molecule has 3 rings (SSSR count). The maximum atomic E-state index is 5.29. The molecule has 2 aromatic heterocycles. The van der Waals surface area contributed by atoms with Gasteiger partial charge in [-0.2, -0.15) is 4.98 Å². The fraction of sp³-hybridized carbons (Fsp3) is 0.214. The van der Waals surface area contributed by atoms with E-state index in [4.69, 9.17) is 4.52 Å². The topological polar surface area (TPSA) is 56.7 Å². The fourth-order valence-corrected chi connectivity index (χ4v) is 1.97. The number of imidazole rings is 1. The predicted molar refractivity (Wildman–Crippen MR) is 70.5 cm³/mol. The van der Waals surface area contributed by atoms with E-state index in [1.54, 1.807) is 6.20 Å². The highest BCUT2D eigenvalue weighted by atomic mass is 16.5. The number of hydrogen-bond donors (Lipinski definition) is 0. The van der Waals surface area contributed by atoms with Gasteiger partial charge in [0.2, 0.25) is 11.7 Å². The van der Waals surface area contributed by atoms with Crippen LogP contribution in [0.25, 0.3) is 11.4 Å². The second kappa shape index (κ2) is 4.68. The lowest BCUT2D eigenvalue weighted by atomic mass is 10.1. The zero-order chi connectivity index (χ0) is 13.2. The third kappa shape index (κ3) is 2.27. The maximum Gasteiger partial charge on any atom is 0.246 e. The summed E-state index contributed by atoms with van der Waals surface area (Å²) in [5.74, 6) is 2.14. The van der Waals surface area contributed by atoms with Crippen LogP contribution in [0.4, 0.5) is 0 Å². The van der Waals surface area contributed by atoms with Crippen molar-refractivity contribution in [2.24, 2.45) is 0 Å². The normalized spacial score (nSPS) is 10.8. The number of aromatic nitrogens is 4. The second-order valence-electron chi connectivity index (χ2n) is 4.43. The van der Waals surface area contributed by atoms with Gasteiger partial charge in [-0.25, -0.2) is 4.98 Å². The lowest BCUT2D eigenvalue weighted by molar-refractivity contribution is 0.370. The Balaban J connectivity index is 1.88. The van der Waals surface area contributed by atoms with E-state index in [1.165, 1.54) is 0 Å². The van der Waals surface area contributed by atoms with Gasteiger partial charge in [-0.15, -0.1) is 0 Å². The van der Waals surface area contributed by atoms with E-state index < -0.39 is 0 Å². The minimum atomic E-state index is 0.546. The SMILES string of the molecule is Cc1ccccc1-c1noc(Cn2ccnc2C)n1. The molecule has 0 unspecified atom stereocenters. The van der Waals surface area contributed by atoms with Gasteiger partial charge in [0.05, 0.1) is 0 Å². The summed E-state index contributed by atoms with van der Waals surface area (Å²) in [6.45, 7) is 4.52.